The molecule has 39 heavy (non-hydrogen) atoms. The average Bonchev–Trinajstić information content (AvgIpc) is 3.43. The number of rotatable bonds is 9. The molecule has 0 bridgehead atoms. The summed E-state index contributed by atoms with van der Waals surface area (Å²) >= 11 is 25.5. The molecule has 0 heterocycles. The number of halogens is 4. The van der Waals surface area contributed by atoms with Gasteiger partial charge in [-0.2, -0.15) is 0 Å². The van der Waals surface area contributed by atoms with Gasteiger partial charge in [0.2, 0.25) is 11.8 Å². The van der Waals surface area contributed by atoms with E-state index < -0.39 is 28.0 Å². The Morgan fingerprint density at radius 1 is 0.923 bits per heavy atom. The standard InChI is InChI=1S/C28H26Cl4N4O3/c1-14-9-16(12-17(29)10-14)24-25(28(24,31)32)27(39)35-19-3-5-21(30)20(13-19)26(38)36-22-6-4-18(11-15(22)2)34-8-7-23(33)37/h3-6,9-13,24-25,34H,7-8H2,1-2H3,(H2,33,37)(H,35,39)(H,36,38). The van der Waals surface area contributed by atoms with Crippen LogP contribution >= 0.6 is 46.4 Å². The number of nitrogens with one attached hydrogen (secondary N) is 3. The number of hydrogen-bond donors (Lipinski definition) is 4. The number of anilines is 3. The molecule has 1 aliphatic rings. The van der Waals surface area contributed by atoms with E-state index in [0.717, 1.165) is 22.4 Å². The van der Waals surface area contributed by atoms with Crippen LogP contribution in [0.2, 0.25) is 10.0 Å². The van der Waals surface area contributed by atoms with Gasteiger partial charge in [0.15, 0.2) is 0 Å². The SMILES string of the molecule is Cc1cc(Cl)cc(C2C(C(=O)Nc3ccc(Cl)c(C(=O)Nc4ccc(NCCC(N)=O)cc4C)c3)C2(Cl)Cl)c1. The minimum atomic E-state index is -1.29. The number of aryl methyl sites for hydroxylation is 2. The lowest BCUT2D eigenvalue weighted by Gasteiger charge is -2.13. The van der Waals surface area contributed by atoms with Crippen molar-refractivity contribution in [2.45, 2.75) is 30.5 Å². The van der Waals surface area contributed by atoms with Gasteiger partial charge in [0.25, 0.3) is 5.91 Å². The smallest absolute Gasteiger partial charge is 0.257 e. The molecular formula is C28H26Cl4N4O3. The summed E-state index contributed by atoms with van der Waals surface area (Å²) in [5.41, 5.74) is 9.60. The summed E-state index contributed by atoms with van der Waals surface area (Å²) in [6, 6.07) is 15.5. The van der Waals surface area contributed by atoms with Crippen LogP contribution in [0.25, 0.3) is 0 Å². The molecule has 2 atom stereocenters. The molecule has 2 unspecified atom stereocenters. The molecule has 204 valence electrons. The van der Waals surface area contributed by atoms with Crippen molar-refractivity contribution in [3.63, 3.8) is 0 Å². The van der Waals surface area contributed by atoms with E-state index in [1.807, 2.05) is 32.0 Å². The van der Waals surface area contributed by atoms with Crippen LogP contribution in [0.4, 0.5) is 17.1 Å². The zero-order valence-corrected chi connectivity index (χ0v) is 24.1. The summed E-state index contributed by atoms with van der Waals surface area (Å²) in [5, 5.41) is 9.50. The quantitative estimate of drug-likeness (QED) is 0.203. The summed E-state index contributed by atoms with van der Waals surface area (Å²) in [5.74, 6) is -2.35. The highest BCUT2D eigenvalue weighted by molar-refractivity contribution is 6.53. The second-order valence-corrected chi connectivity index (χ2v) is 11.8. The number of hydrogen-bond acceptors (Lipinski definition) is 4. The van der Waals surface area contributed by atoms with Crippen molar-refractivity contribution < 1.29 is 14.4 Å². The summed E-state index contributed by atoms with van der Waals surface area (Å²) in [6.07, 6.45) is 0.210. The molecule has 1 fully saturated rings. The van der Waals surface area contributed by atoms with Gasteiger partial charge >= 0.3 is 0 Å². The molecular weight excluding hydrogens is 582 g/mol. The van der Waals surface area contributed by atoms with E-state index in [-0.39, 0.29) is 22.9 Å². The molecule has 11 heteroatoms. The largest absolute Gasteiger partial charge is 0.385 e. The molecule has 0 aliphatic heterocycles. The molecule has 1 saturated carbocycles. The second kappa shape index (κ2) is 11.6. The Morgan fingerprint density at radius 3 is 2.31 bits per heavy atom. The summed E-state index contributed by atoms with van der Waals surface area (Å²) in [7, 11) is 0. The van der Waals surface area contributed by atoms with E-state index in [2.05, 4.69) is 16.0 Å². The average molecular weight is 608 g/mol. The van der Waals surface area contributed by atoms with Crippen LogP contribution in [0.3, 0.4) is 0 Å². The third-order valence-electron chi connectivity index (χ3n) is 6.41. The number of primary amides is 1. The van der Waals surface area contributed by atoms with Crippen LogP contribution in [-0.2, 0) is 9.59 Å². The summed E-state index contributed by atoms with van der Waals surface area (Å²) in [6.45, 7) is 4.14. The maximum Gasteiger partial charge on any atom is 0.257 e. The topological polar surface area (TPSA) is 113 Å². The van der Waals surface area contributed by atoms with Crippen molar-refractivity contribution in [1.29, 1.82) is 0 Å². The lowest BCUT2D eigenvalue weighted by molar-refractivity contribution is -0.118. The highest BCUT2D eigenvalue weighted by Crippen LogP contribution is 2.65. The van der Waals surface area contributed by atoms with Crippen molar-refractivity contribution in [3.8, 4) is 0 Å². The second-order valence-electron chi connectivity index (χ2n) is 9.50. The lowest BCUT2D eigenvalue weighted by Crippen LogP contribution is -2.18. The van der Waals surface area contributed by atoms with Gasteiger partial charge in [-0.1, -0.05) is 29.3 Å². The van der Waals surface area contributed by atoms with Crippen LogP contribution in [0.15, 0.2) is 54.6 Å². The third kappa shape index (κ3) is 6.79. The first-order valence-electron chi connectivity index (χ1n) is 12.1. The minimum Gasteiger partial charge on any atom is -0.385 e. The Hall–Kier alpha value is -2.97. The molecule has 1 aliphatic carbocycles. The van der Waals surface area contributed by atoms with Crippen molar-refractivity contribution >= 4 is 81.2 Å². The predicted molar refractivity (Wildman–Crippen MR) is 158 cm³/mol. The molecule has 3 aromatic carbocycles. The molecule has 0 aromatic heterocycles. The monoisotopic (exact) mass is 606 g/mol. The first-order chi connectivity index (χ1) is 18.4. The van der Waals surface area contributed by atoms with E-state index in [4.69, 9.17) is 52.1 Å². The van der Waals surface area contributed by atoms with E-state index >= 15 is 0 Å². The van der Waals surface area contributed by atoms with Gasteiger partial charge < -0.3 is 21.7 Å². The fourth-order valence-corrected chi connectivity index (χ4v) is 5.77. The number of amides is 3. The molecule has 3 amide bonds. The number of carbonyl (C=O) groups excluding carboxylic acids is 3. The van der Waals surface area contributed by atoms with E-state index in [1.165, 1.54) is 12.1 Å². The van der Waals surface area contributed by atoms with Crippen molar-refractivity contribution in [2.24, 2.45) is 11.7 Å². The normalized spacial score (nSPS) is 17.3. The van der Waals surface area contributed by atoms with Gasteiger partial charge in [-0.15, -0.1) is 23.2 Å². The van der Waals surface area contributed by atoms with Crippen LogP contribution in [0.1, 0.15) is 39.4 Å². The van der Waals surface area contributed by atoms with E-state index in [1.54, 1.807) is 24.3 Å². The molecule has 0 saturated heterocycles. The summed E-state index contributed by atoms with van der Waals surface area (Å²) in [4.78, 5) is 37.1. The Bertz CT molecular complexity index is 1440. The predicted octanol–water partition coefficient (Wildman–Crippen LogP) is 6.68. The van der Waals surface area contributed by atoms with Gasteiger partial charge in [0, 0.05) is 41.0 Å². The zero-order chi connectivity index (χ0) is 28.5. The lowest BCUT2D eigenvalue weighted by atomic mass is 10.1. The molecule has 0 radical (unpaired) electrons. The first kappa shape index (κ1) is 29.0. The molecule has 3 aromatic rings. The fraction of sp³-hybridized carbons (Fsp3) is 0.250. The van der Waals surface area contributed by atoms with Crippen molar-refractivity contribution in [2.75, 3.05) is 22.5 Å². The van der Waals surface area contributed by atoms with Crippen LogP contribution in [0, 0.1) is 19.8 Å². The minimum absolute atomic E-state index is 0.179. The highest BCUT2D eigenvalue weighted by Gasteiger charge is 2.67. The Labute approximate surface area is 246 Å². The molecule has 5 N–H and O–H groups in total. The zero-order valence-electron chi connectivity index (χ0n) is 21.1. The fourth-order valence-electron chi connectivity index (χ4n) is 4.44. The van der Waals surface area contributed by atoms with Crippen molar-refractivity contribution in [3.05, 3.63) is 86.9 Å². The molecule has 4 rings (SSSR count). The van der Waals surface area contributed by atoms with Gasteiger partial charge in [0.05, 0.1) is 16.5 Å². The van der Waals surface area contributed by atoms with Gasteiger partial charge in [-0.25, -0.2) is 0 Å². The maximum absolute atomic E-state index is 13.1. The van der Waals surface area contributed by atoms with Crippen LogP contribution < -0.4 is 21.7 Å². The van der Waals surface area contributed by atoms with Gasteiger partial charge in [0.1, 0.15) is 4.33 Å². The van der Waals surface area contributed by atoms with Gasteiger partial charge in [-0.3, -0.25) is 14.4 Å². The van der Waals surface area contributed by atoms with Crippen molar-refractivity contribution in [1.82, 2.24) is 0 Å². The van der Waals surface area contributed by atoms with Crippen LogP contribution in [-0.4, -0.2) is 28.6 Å². The first-order valence-corrected chi connectivity index (χ1v) is 13.6. The van der Waals surface area contributed by atoms with E-state index in [9.17, 15) is 14.4 Å². The third-order valence-corrected chi connectivity index (χ3v) is 7.90. The number of alkyl halides is 2. The van der Waals surface area contributed by atoms with Gasteiger partial charge in [-0.05, 0) is 79.1 Å². The maximum atomic E-state index is 13.1. The van der Waals surface area contributed by atoms with E-state index in [0.29, 0.717) is 22.9 Å². The molecule has 0 spiro atoms. The number of carbonyl (C=O) groups is 3. The number of nitrogens with two attached hydrogens (primary N) is 1. The number of benzene rings is 3. The molecule has 7 nitrogen and oxygen atoms in total. The summed E-state index contributed by atoms with van der Waals surface area (Å²) < 4.78 is -1.29. The Kier molecular flexibility index (Phi) is 8.66. The Morgan fingerprint density at radius 2 is 1.64 bits per heavy atom. The Balaban J connectivity index is 1.45. The highest BCUT2D eigenvalue weighted by atomic mass is 35.5. The van der Waals surface area contributed by atoms with Crippen LogP contribution in [0.5, 0.6) is 0 Å².